The Kier molecular flexibility index (Phi) is 4.93. The van der Waals surface area contributed by atoms with Gasteiger partial charge in [-0.15, -0.1) is 0 Å². The van der Waals surface area contributed by atoms with Crippen molar-refractivity contribution in [2.45, 2.75) is 25.9 Å². The highest BCUT2D eigenvalue weighted by Gasteiger charge is 2.15. The fraction of sp³-hybridized carbons (Fsp3) is 0.692. The molecule has 1 aliphatic rings. The average Bonchev–Trinajstić information content (AvgIpc) is 2.77. The van der Waals surface area contributed by atoms with Gasteiger partial charge in [0.1, 0.15) is 5.56 Å². The Morgan fingerprint density at radius 2 is 2.16 bits per heavy atom. The maximum Gasteiger partial charge on any atom is 0.339 e. The highest BCUT2D eigenvalue weighted by atomic mass is 16.5. The molecule has 6 nitrogen and oxygen atoms in total. The van der Waals surface area contributed by atoms with Gasteiger partial charge in [0.15, 0.2) is 0 Å². The number of carboxylic acids is 1. The molecule has 0 atom stereocenters. The first-order valence-electron chi connectivity index (χ1n) is 6.73. The van der Waals surface area contributed by atoms with Gasteiger partial charge >= 0.3 is 5.97 Å². The van der Waals surface area contributed by atoms with Crippen molar-refractivity contribution in [2.24, 2.45) is 7.05 Å². The molecule has 2 rings (SSSR count). The Hall–Kier alpha value is -1.40. The average molecular weight is 267 g/mol. The van der Waals surface area contributed by atoms with E-state index in [2.05, 4.69) is 10.00 Å². The fourth-order valence-electron chi connectivity index (χ4n) is 2.36. The van der Waals surface area contributed by atoms with E-state index in [1.807, 2.05) is 0 Å². The molecule has 1 N–H and O–H groups in total. The fourth-order valence-corrected chi connectivity index (χ4v) is 2.36. The summed E-state index contributed by atoms with van der Waals surface area (Å²) in [5.74, 6) is -0.956. The molecule has 1 saturated heterocycles. The molecule has 1 aromatic heterocycles. The summed E-state index contributed by atoms with van der Waals surface area (Å²) in [7, 11) is 1.73. The molecule has 1 fully saturated rings. The quantitative estimate of drug-likeness (QED) is 0.782. The lowest BCUT2D eigenvalue weighted by atomic mass is 10.1. The van der Waals surface area contributed by atoms with Gasteiger partial charge in [0.05, 0.1) is 25.1 Å². The second-order valence-corrected chi connectivity index (χ2v) is 4.89. The molecule has 6 heteroatoms. The molecule has 2 heterocycles. The van der Waals surface area contributed by atoms with Gasteiger partial charge in [-0.2, -0.15) is 5.10 Å². The van der Waals surface area contributed by atoms with Crippen LogP contribution in [0.4, 0.5) is 0 Å². The maximum atomic E-state index is 11.0. The lowest BCUT2D eigenvalue weighted by Gasteiger charge is -2.26. The maximum absolute atomic E-state index is 11.0. The number of aryl methyl sites for hydroxylation is 1. The minimum absolute atomic E-state index is 0.223. The molecule has 1 aliphatic heterocycles. The summed E-state index contributed by atoms with van der Waals surface area (Å²) in [5, 5.41) is 13.0. The van der Waals surface area contributed by atoms with E-state index in [4.69, 9.17) is 9.84 Å². The zero-order valence-corrected chi connectivity index (χ0v) is 11.3. The second-order valence-electron chi connectivity index (χ2n) is 4.89. The smallest absolute Gasteiger partial charge is 0.339 e. The van der Waals surface area contributed by atoms with E-state index in [0.29, 0.717) is 18.9 Å². The predicted octanol–water partition coefficient (Wildman–Crippen LogP) is 1.12. The molecule has 0 spiro atoms. The van der Waals surface area contributed by atoms with E-state index in [9.17, 15) is 4.79 Å². The summed E-state index contributed by atoms with van der Waals surface area (Å²) in [6.07, 6.45) is 5.23. The molecule has 0 aliphatic carbocycles. The molecule has 19 heavy (non-hydrogen) atoms. The summed E-state index contributed by atoms with van der Waals surface area (Å²) in [6.45, 7) is 4.14. The lowest BCUT2D eigenvalue weighted by molar-refractivity contribution is 0.0672. The standard InChI is InChI=1S/C13H21N3O3/c1-15-12(11(9-14-15)13(17)18)10-19-8-7-16-5-3-2-4-6-16/h9H,2-8,10H2,1H3,(H,17,18). The SMILES string of the molecule is Cn1ncc(C(=O)O)c1COCCN1CCCCC1. The molecule has 106 valence electrons. The van der Waals surface area contributed by atoms with E-state index in [0.717, 1.165) is 19.6 Å². The third kappa shape index (κ3) is 3.78. The number of rotatable bonds is 6. The topological polar surface area (TPSA) is 67.6 Å². The Bertz CT molecular complexity index is 425. The lowest BCUT2D eigenvalue weighted by Crippen LogP contribution is -2.32. The Morgan fingerprint density at radius 3 is 2.84 bits per heavy atom. The molecule has 0 amide bonds. The van der Waals surface area contributed by atoms with E-state index >= 15 is 0 Å². The van der Waals surface area contributed by atoms with E-state index in [1.165, 1.54) is 25.5 Å². The van der Waals surface area contributed by atoms with Crippen LogP contribution in [0.1, 0.15) is 35.3 Å². The summed E-state index contributed by atoms with van der Waals surface area (Å²) < 4.78 is 7.15. The van der Waals surface area contributed by atoms with Crippen molar-refractivity contribution in [1.82, 2.24) is 14.7 Å². The van der Waals surface area contributed by atoms with Gasteiger partial charge in [-0.25, -0.2) is 4.79 Å². The number of aromatic nitrogens is 2. The van der Waals surface area contributed by atoms with E-state index in [1.54, 1.807) is 11.7 Å². The zero-order valence-electron chi connectivity index (χ0n) is 11.3. The first kappa shape index (κ1) is 14.0. The number of nitrogens with zero attached hydrogens (tertiary/aromatic N) is 3. The first-order valence-corrected chi connectivity index (χ1v) is 6.73. The first-order chi connectivity index (χ1) is 9.18. The van der Waals surface area contributed by atoms with Gasteiger partial charge < -0.3 is 14.7 Å². The van der Waals surface area contributed by atoms with Crippen LogP contribution in [0.3, 0.4) is 0 Å². The Morgan fingerprint density at radius 1 is 1.42 bits per heavy atom. The molecular weight excluding hydrogens is 246 g/mol. The number of carboxylic acid groups (broad SMARTS) is 1. The molecule has 0 unspecified atom stereocenters. The van der Waals surface area contributed by atoms with E-state index < -0.39 is 5.97 Å². The van der Waals surface area contributed by atoms with Crippen molar-refractivity contribution in [1.29, 1.82) is 0 Å². The number of hydrogen-bond acceptors (Lipinski definition) is 4. The van der Waals surface area contributed by atoms with Crippen LogP contribution in [0.25, 0.3) is 0 Å². The van der Waals surface area contributed by atoms with E-state index in [-0.39, 0.29) is 5.56 Å². The summed E-state index contributed by atoms with van der Waals surface area (Å²) in [4.78, 5) is 13.4. The van der Waals surface area contributed by atoms with Gasteiger partial charge in [-0.1, -0.05) is 6.42 Å². The minimum Gasteiger partial charge on any atom is -0.478 e. The van der Waals surface area contributed by atoms with Crippen LogP contribution in [-0.4, -0.2) is 52.0 Å². The van der Waals surface area contributed by atoms with Gasteiger partial charge in [-0.3, -0.25) is 4.68 Å². The number of ether oxygens (including phenoxy) is 1. The van der Waals surface area contributed by atoms with Crippen molar-refractivity contribution in [3.05, 3.63) is 17.5 Å². The Labute approximate surface area is 113 Å². The van der Waals surface area contributed by atoms with Crippen molar-refractivity contribution < 1.29 is 14.6 Å². The summed E-state index contributed by atoms with van der Waals surface area (Å²) in [6, 6.07) is 0. The van der Waals surface area contributed by atoms with Crippen LogP contribution in [0, 0.1) is 0 Å². The number of carbonyl (C=O) groups is 1. The summed E-state index contributed by atoms with van der Waals surface area (Å²) >= 11 is 0. The number of aromatic carboxylic acids is 1. The van der Waals surface area contributed by atoms with Gasteiger partial charge in [-0.05, 0) is 25.9 Å². The van der Waals surface area contributed by atoms with Gasteiger partial charge in [0.25, 0.3) is 0 Å². The van der Waals surface area contributed by atoms with Crippen LogP contribution < -0.4 is 0 Å². The summed E-state index contributed by atoms with van der Waals surface area (Å²) in [5.41, 5.74) is 0.839. The van der Waals surface area contributed by atoms with Crippen molar-refractivity contribution >= 4 is 5.97 Å². The normalized spacial score (nSPS) is 16.7. The molecular formula is C13H21N3O3. The van der Waals surface area contributed by atoms with Gasteiger partial charge in [0.2, 0.25) is 0 Å². The third-order valence-electron chi connectivity index (χ3n) is 3.53. The number of piperidine rings is 1. The van der Waals surface area contributed by atoms with Crippen molar-refractivity contribution in [3.8, 4) is 0 Å². The number of hydrogen-bond donors (Lipinski definition) is 1. The van der Waals surface area contributed by atoms with Crippen LogP contribution in [0.2, 0.25) is 0 Å². The minimum atomic E-state index is -0.956. The van der Waals surface area contributed by atoms with Crippen LogP contribution in [-0.2, 0) is 18.4 Å². The largest absolute Gasteiger partial charge is 0.478 e. The van der Waals surface area contributed by atoms with Crippen LogP contribution in [0.5, 0.6) is 0 Å². The molecule has 0 bridgehead atoms. The monoisotopic (exact) mass is 267 g/mol. The molecule has 1 aromatic rings. The Balaban J connectivity index is 1.76. The van der Waals surface area contributed by atoms with Crippen molar-refractivity contribution in [3.63, 3.8) is 0 Å². The third-order valence-corrected chi connectivity index (χ3v) is 3.53. The molecule has 0 aromatic carbocycles. The predicted molar refractivity (Wildman–Crippen MR) is 70.1 cm³/mol. The molecule has 0 saturated carbocycles. The van der Waals surface area contributed by atoms with Crippen LogP contribution in [0.15, 0.2) is 6.20 Å². The molecule has 0 radical (unpaired) electrons. The highest BCUT2D eigenvalue weighted by molar-refractivity contribution is 5.88. The van der Waals surface area contributed by atoms with Gasteiger partial charge in [0, 0.05) is 13.6 Å². The highest BCUT2D eigenvalue weighted by Crippen LogP contribution is 2.10. The number of likely N-dealkylation sites (tertiary alicyclic amines) is 1. The van der Waals surface area contributed by atoms with Crippen LogP contribution >= 0.6 is 0 Å². The zero-order chi connectivity index (χ0) is 13.7. The van der Waals surface area contributed by atoms with Crippen molar-refractivity contribution in [2.75, 3.05) is 26.2 Å². The second kappa shape index (κ2) is 6.68.